The van der Waals surface area contributed by atoms with Crippen LogP contribution >= 0.6 is 0 Å². The first kappa shape index (κ1) is 18.9. The lowest BCUT2D eigenvalue weighted by Gasteiger charge is -2.46. The summed E-state index contributed by atoms with van der Waals surface area (Å²) in [7, 11) is 1.61. The molecule has 0 unspecified atom stereocenters. The summed E-state index contributed by atoms with van der Waals surface area (Å²) in [6.45, 7) is -0.0259. The van der Waals surface area contributed by atoms with Gasteiger partial charge in [-0.2, -0.15) is 0 Å². The van der Waals surface area contributed by atoms with Crippen LogP contribution in [0.2, 0.25) is 0 Å². The molecule has 1 aliphatic heterocycles. The van der Waals surface area contributed by atoms with Crippen LogP contribution in [0.15, 0.2) is 0 Å². The standard InChI is InChI=1S/C13H28N4O6/c1-17-8-5(18)2-4(15)12(11(8)21)23-13-7(16)10(20)9(19)6(3-14)22-13/h4-13,17-21H,2-3,14-16H2,1H3/t4-,5+,6+,7+,8-,9+,10+,11+,12+,13+/m0/s1. The van der Waals surface area contributed by atoms with Gasteiger partial charge in [0, 0.05) is 12.6 Å². The van der Waals surface area contributed by atoms with E-state index in [1.165, 1.54) is 0 Å². The number of rotatable bonds is 4. The predicted octanol–water partition coefficient (Wildman–Crippen LogP) is -4.85. The van der Waals surface area contributed by atoms with E-state index in [2.05, 4.69) is 5.32 Å². The third-order valence-corrected chi connectivity index (χ3v) is 4.66. The molecule has 0 aromatic heterocycles. The highest BCUT2D eigenvalue weighted by molar-refractivity contribution is 5.00. The van der Waals surface area contributed by atoms with Crippen LogP contribution in [-0.2, 0) is 9.47 Å². The molecular weight excluding hydrogens is 308 g/mol. The monoisotopic (exact) mass is 336 g/mol. The Balaban J connectivity index is 2.10. The average Bonchev–Trinajstić information content (AvgIpc) is 2.51. The van der Waals surface area contributed by atoms with Gasteiger partial charge in [-0.05, 0) is 13.5 Å². The summed E-state index contributed by atoms with van der Waals surface area (Å²) in [5.41, 5.74) is 17.3. The maximum absolute atomic E-state index is 10.4. The summed E-state index contributed by atoms with van der Waals surface area (Å²) in [6, 6.07) is -2.27. The zero-order valence-corrected chi connectivity index (χ0v) is 13.0. The van der Waals surface area contributed by atoms with E-state index in [0.717, 1.165) is 0 Å². The fraction of sp³-hybridized carbons (Fsp3) is 1.00. The first-order valence-corrected chi connectivity index (χ1v) is 7.73. The van der Waals surface area contributed by atoms with Crippen molar-refractivity contribution < 1.29 is 29.9 Å². The number of hydrogen-bond donors (Lipinski definition) is 8. The van der Waals surface area contributed by atoms with E-state index in [-0.39, 0.29) is 13.0 Å². The molecule has 2 rings (SSSR count). The molecule has 0 aromatic rings. The molecular formula is C13H28N4O6. The molecule has 11 N–H and O–H groups in total. The van der Waals surface area contributed by atoms with E-state index in [4.69, 9.17) is 26.7 Å². The van der Waals surface area contributed by atoms with Gasteiger partial charge in [-0.3, -0.25) is 0 Å². The molecule has 0 bridgehead atoms. The number of aliphatic hydroxyl groups is 4. The SMILES string of the molecule is CN[C@@H]1[C@@H](O)[C@H](O[C@H]2O[C@H](CN)[C@@H](O)[C@H](O)[C@H]2N)[C@@H](N)C[C@H]1O. The lowest BCUT2D eigenvalue weighted by Crippen LogP contribution is -2.68. The fourth-order valence-corrected chi connectivity index (χ4v) is 3.21. The molecule has 1 saturated heterocycles. The van der Waals surface area contributed by atoms with E-state index < -0.39 is 61.0 Å². The van der Waals surface area contributed by atoms with Crippen LogP contribution in [0.25, 0.3) is 0 Å². The van der Waals surface area contributed by atoms with Crippen LogP contribution in [0, 0.1) is 0 Å². The Bertz CT molecular complexity index is 389. The summed E-state index contributed by atoms with van der Waals surface area (Å²) in [4.78, 5) is 0. The first-order chi connectivity index (χ1) is 10.8. The minimum atomic E-state index is -1.27. The predicted molar refractivity (Wildman–Crippen MR) is 80.0 cm³/mol. The lowest BCUT2D eigenvalue weighted by atomic mass is 9.84. The van der Waals surface area contributed by atoms with Gasteiger partial charge >= 0.3 is 0 Å². The summed E-state index contributed by atoms with van der Waals surface area (Å²) in [5, 5.41) is 43.0. The van der Waals surface area contributed by atoms with Gasteiger partial charge in [-0.15, -0.1) is 0 Å². The largest absolute Gasteiger partial charge is 0.391 e. The third-order valence-electron chi connectivity index (χ3n) is 4.66. The van der Waals surface area contributed by atoms with Gasteiger partial charge in [0.25, 0.3) is 0 Å². The lowest BCUT2D eigenvalue weighted by molar-refractivity contribution is -0.286. The minimum absolute atomic E-state index is 0.0259. The Hall–Kier alpha value is -0.400. The number of aliphatic hydroxyl groups excluding tert-OH is 4. The van der Waals surface area contributed by atoms with Crippen LogP contribution in [0.5, 0.6) is 0 Å². The molecule has 0 amide bonds. The molecule has 136 valence electrons. The molecule has 2 fully saturated rings. The highest BCUT2D eigenvalue weighted by Gasteiger charge is 2.48. The zero-order chi connectivity index (χ0) is 17.3. The van der Waals surface area contributed by atoms with Gasteiger partial charge in [0.2, 0.25) is 0 Å². The van der Waals surface area contributed by atoms with Crippen molar-refractivity contribution in [2.45, 2.75) is 67.5 Å². The second kappa shape index (κ2) is 7.66. The van der Waals surface area contributed by atoms with Crippen LogP contribution in [0.3, 0.4) is 0 Å². The van der Waals surface area contributed by atoms with Gasteiger partial charge in [0.15, 0.2) is 6.29 Å². The molecule has 23 heavy (non-hydrogen) atoms. The number of hydrogen-bond acceptors (Lipinski definition) is 10. The molecule has 10 heteroatoms. The van der Waals surface area contributed by atoms with E-state index in [0.29, 0.717) is 0 Å². The Kier molecular flexibility index (Phi) is 6.30. The molecule has 0 aromatic carbocycles. The van der Waals surface area contributed by atoms with E-state index in [1.807, 2.05) is 0 Å². The second-order valence-corrected chi connectivity index (χ2v) is 6.21. The summed E-state index contributed by atoms with van der Waals surface area (Å²) >= 11 is 0. The number of nitrogens with two attached hydrogens (primary N) is 3. The third kappa shape index (κ3) is 3.66. The van der Waals surface area contributed by atoms with Crippen LogP contribution in [0.4, 0.5) is 0 Å². The maximum Gasteiger partial charge on any atom is 0.176 e. The number of ether oxygens (including phenoxy) is 2. The number of likely N-dealkylation sites (N-methyl/N-ethyl adjacent to an activating group) is 1. The van der Waals surface area contributed by atoms with Crippen molar-refractivity contribution in [2.75, 3.05) is 13.6 Å². The smallest absolute Gasteiger partial charge is 0.176 e. The molecule has 1 aliphatic carbocycles. The van der Waals surface area contributed by atoms with Gasteiger partial charge < -0.3 is 52.4 Å². The topological polar surface area (TPSA) is 189 Å². The van der Waals surface area contributed by atoms with Crippen molar-refractivity contribution in [1.82, 2.24) is 5.32 Å². The molecule has 2 aliphatic rings. The van der Waals surface area contributed by atoms with Crippen molar-refractivity contribution in [2.24, 2.45) is 17.2 Å². The maximum atomic E-state index is 10.4. The van der Waals surface area contributed by atoms with Crippen LogP contribution in [0.1, 0.15) is 6.42 Å². The summed E-state index contributed by atoms with van der Waals surface area (Å²) in [5.74, 6) is 0. The Morgan fingerprint density at radius 1 is 1.13 bits per heavy atom. The van der Waals surface area contributed by atoms with E-state index in [9.17, 15) is 20.4 Å². The van der Waals surface area contributed by atoms with Crippen molar-refractivity contribution >= 4 is 0 Å². The summed E-state index contributed by atoms with van der Waals surface area (Å²) < 4.78 is 11.2. The highest BCUT2D eigenvalue weighted by atomic mass is 16.7. The zero-order valence-electron chi connectivity index (χ0n) is 13.0. The highest BCUT2D eigenvalue weighted by Crippen LogP contribution is 2.27. The van der Waals surface area contributed by atoms with Gasteiger partial charge in [-0.1, -0.05) is 0 Å². The molecule has 10 nitrogen and oxygen atoms in total. The van der Waals surface area contributed by atoms with Crippen LogP contribution < -0.4 is 22.5 Å². The van der Waals surface area contributed by atoms with Crippen molar-refractivity contribution in [3.8, 4) is 0 Å². The van der Waals surface area contributed by atoms with Crippen LogP contribution in [-0.4, -0.2) is 95.1 Å². The van der Waals surface area contributed by atoms with E-state index in [1.54, 1.807) is 7.05 Å². The molecule has 10 atom stereocenters. The Morgan fingerprint density at radius 2 is 1.78 bits per heavy atom. The Labute approximate surface area is 134 Å². The van der Waals surface area contributed by atoms with Gasteiger partial charge in [0.05, 0.1) is 24.3 Å². The quantitative estimate of drug-likeness (QED) is 0.247. The average molecular weight is 336 g/mol. The first-order valence-electron chi connectivity index (χ1n) is 7.73. The number of nitrogens with one attached hydrogen (secondary N) is 1. The molecule has 0 spiro atoms. The van der Waals surface area contributed by atoms with E-state index >= 15 is 0 Å². The second-order valence-electron chi connectivity index (χ2n) is 6.21. The fourth-order valence-electron chi connectivity index (χ4n) is 3.21. The van der Waals surface area contributed by atoms with Gasteiger partial charge in [0.1, 0.15) is 24.4 Å². The van der Waals surface area contributed by atoms with Gasteiger partial charge in [-0.25, -0.2) is 0 Å². The minimum Gasteiger partial charge on any atom is -0.391 e. The van der Waals surface area contributed by atoms with Crippen molar-refractivity contribution in [3.05, 3.63) is 0 Å². The van der Waals surface area contributed by atoms with Crippen molar-refractivity contribution in [1.29, 1.82) is 0 Å². The Morgan fingerprint density at radius 3 is 2.35 bits per heavy atom. The molecule has 1 saturated carbocycles. The summed E-state index contributed by atoms with van der Waals surface area (Å²) in [6.07, 6.45) is -6.94. The molecule has 0 radical (unpaired) electrons. The molecule has 1 heterocycles. The van der Waals surface area contributed by atoms with Crippen molar-refractivity contribution in [3.63, 3.8) is 0 Å². The normalized spacial score (nSPS) is 51.7.